The molecule has 0 fully saturated rings. The van der Waals surface area contributed by atoms with Crippen molar-refractivity contribution in [1.29, 1.82) is 0 Å². The van der Waals surface area contributed by atoms with Gasteiger partial charge in [0.25, 0.3) is 5.69 Å². The smallest absolute Gasteiger partial charge is 0.406 e. The van der Waals surface area contributed by atoms with E-state index in [2.05, 4.69) is 15.0 Å². The summed E-state index contributed by atoms with van der Waals surface area (Å²) in [5.74, 6) is -0.553. The van der Waals surface area contributed by atoms with Crippen molar-refractivity contribution in [3.8, 4) is 22.7 Å². The van der Waals surface area contributed by atoms with Crippen molar-refractivity contribution in [2.45, 2.75) is 31.4 Å². The van der Waals surface area contributed by atoms with Gasteiger partial charge in [-0.1, -0.05) is 23.9 Å². The summed E-state index contributed by atoms with van der Waals surface area (Å²) in [5.41, 5.74) is 1.26. The standard InChI is InChI=1S/C21H19F3N4O4S/c1-13(2)26-19(29)12-33-20-25-11-18(14-4-3-5-16(10-14)28(30)31)27(20)15-6-8-17(9-7-15)32-21(22,23)24/h3-11,13H,12H2,1-2H3,(H,26,29). The zero-order valence-electron chi connectivity index (χ0n) is 17.5. The van der Waals surface area contributed by atoms with Crippen LogP contribution in [0.4, 0.5) is 18.9 Å². The maximum Gasteiger partial charge on any atom is 0.573 e. The molecule has 0 unspecified atom stereocenters. The summed E-state index contributed by atoms with van der Waals surface area (Å²) in [4.78, 5) is 27.1. The summed E-state index contributed by atoms with van der Waals surface area (Å²) in [6.07, 6.45) is -3.34. The zero-order chi connectivity index (χ0) is 24.2. The second kappa shape index (κ2) is 9.94. The van der Waals surface area contributed by atoms with E-state index in [1.165, 1.54) is 36.5 Å². The third kappa shape index (κ3) is 6.48. The van der Waals surface area contributed by atoms with Crippen LogP contribution >= 0.6 is 11.8 Å². The molecule has 0 radical (unpaired) electrons. The summed E-state index contributed by atoms with van der Waals surface area (Å²) < 4.78 is 43.0. The molecule has 0 spiro atoms. The van der Waals surface area contributed by atoms with Gasteiger partial charge in [-0.3, -0.25) is 19.5 Å². The second-order valence-corrected chi connectivity index (χ2v) is 8.06. The summed E-state index contributed by atoms with van der Waals surface area (Å²) in [7, 11) is 0. The van der Waals surface area contributed by atoms with Gasteiger partial charge >= 0.3 is 6.36 Å². The minimum Gasteiger partial charge on any atom is -0.406 e. The number of hydrogen-bond acceptors (Lipinski definition) is 6. The number of rotatable bonds is 8. The van der Waals surface area contributed by atoms with Crippen molar-refractivity contribution in [2.24, 2.45) is 0 Å². The average Bonchev–Trinajstić information content (AvgIpc) is 3.15. The first-order valence-electron chi connectivity index (χ1n) is 9.64. The number of imidazole rings is 1. The molecule has 3 rings (SSSR count). The SMILES string of the molecule is CC(C)NC(=O)CSc1ncc(-c2cccc([N+](=O)[O-])c2)n1-c1ccc(OC(F)(F)F)cc1. The van der Waals surface area contributed by atoms with Crippen molar-refractivity contribution < 1.29 is 27.6 Å². The van der Waals surface area contributed by atoms with Gasteiger partial charge in [0.05, 0.1) is 22.6 Å². The largest absolute Gasteiger partial charge is 0.573 e. The van der Waals surface area contributed by atoms with E-state index >= 15 is 0 Å². The first-order valence-corrected chi connectivity index (χ1v) is 10.6. The van der Waals surface area contributed by atoms with Crippen molar-refractivity contribution in [3.05, 3.63) is 64.8 Å². The minimum atomic E-state index is -4.82. The lowest BCUT2D eigenvalue weighted by atomic mass is 10.1. The maximum absolute atomic E-state index is 12.5. The van der Waals surface area contributed by atoms with E-state index in [9.17, 15) is 28.1 Å². The Morgan fingerprint density at radius 1 is 1.24 bits per heavy atom. The van der Waals surface area contributed by atoms with Crippen LogP contribution in [0.2, 0.25) is 0 Å². The minimum absolute atomic E-state index is 0.0422. The van der Waals surface area contributed by atoms with Crippen LogP contribution < -0.4 is 10.1 Å². The molecule has 1 aromatic heterocycles. The van der Waals surface area contributed by atoms with Crippen LogP contribution in [0.15, 0.2) is 59.9 Å². The van der Waals surface area contributed by atoms with Crippen LogP contribution in [0.25, 0.3) is 16.9 Å². The van der Waals surface area contributed by atoms with E-state index in [1.807, 2.05) is 13.8 Å². The van der Waals surface area contributed by atoms with Crippen LogP contribution in [0.5, 0.6) is 5.75 Å². The highest BCUT2D eigenvalue weighted by Crippen LogP contribution is 2.32. The molecule has 0 aliphatic rings. The number of carbonyl (C=O) groups excluding carboxylic acids is 1. The molecule has 12 heteroatoms. The first-order chi connectivity index (χ1) is 15.5. The topological polar surface area (TPSA) is 99.3 Å². The highest BCUT2D eigenvalue weighted by atomic mass is 32.2. The van der Waals surface area contributed by atoms with E-state index in [0.29, 0.717) is 22.1 Å². The van der Waals surface area contributed by atoms with E-state index < -0.39 is 17.0 Å². The number of thioether (sulfide) groups is 1. The van der Waals surface area contributed by atoms with Crippen LogP contribution in [0.3, 0.4) is 0 Å². The fraction of sp³-hybridized carbons (Fsp3) is 0.238. The van der Waals surface area contributed by atoms with Crippen LogP contribution in [0.1, 0.15) is 13.8 Å². The Morgan fingerprint density at radius 3 is 2.55 bits per heavy atom. The van der Waals surface area contributed by atoms with Gasteiger partial charge < -0.3 is 10.1 Å². The lowest BCUT2D eigenvalue weighted by Crippen LogP contribution is -2.31. The number of non-ortho nitro benzene ring substituents is 1. The number of ether oxygens (including phenoxy) is 1. The predicted octanol–water partition coefficient (Wildman–Crippen LogP) is 4.96. The monoisotopic (exact) mass is 480 g/mol. The van der Waals surface area contributed by atoms with Crippen molar-refractivity contribution >= 4 is 23.4 Å². The number of hydrogen-bond donors (Lipinski definition) is 1. The first kappa shape index (κ1) is 24.1. The van der Waals surface area contributed by atoms with Gasteiger partial charge in [0.1, 0.15) is 5.75 Å². The number of halogens is 3. The molecule has 3 aromatic rings. The number of carbonyl (C=O) groups is 1. The third-order valence-electron chi connectivity index (χ3n) is 4.19. The quantitative estimate of drug-likeness (QED) is 0.278. The molecule has 0 atom stereocenters. The maximum atomic E-state index is 12.5. The molecule has 0 saturated carbocycles. The summed E-state index contributed by atoms with van der Waals surface area (Å²) in [6.45, 7) is 3.66. The van der Waals surface area contributed by atoms with E-state index in [0.717, 1.165) is 23.9 Å². The lowest BCUT2D eigenvalue weighted by molar-refractivity contribution is -0.384. The van der Waals surface area contributed by atoms with Crippen LogP contribution in [0, 0.1) is 10.1 Å². The molecule has 0 aliphatic heterocycles. The molecule has 0 aliphatic carbocycles. The Morgan fingerprint density at radius 2 is 1.94 bits per heavy atom. The van der Waals surface area contributed by atoms with Gasteiger partial charge in [0.2, 0.25) is 5.91 Å². The fourth-order valence-corrected chi connectivity index (χ4v) is 3.76. The van der Waals surface area contributed by atoms with Gasteiger partial charge in [-0.15, -0.1) is 13.2 Å². The molecule has 2 aromatic carbocycles. The van der Waals surface area contributed by atoms with Crippen molar-refractivity contribution in [3.63, 3.8) is 0 Å². The molecule has 1 N–H and O–H groups in total. The molecule has 33 heavy (non-hydrogen) atoms. The molecule has 1 amide bonds. The van der Waals surface area contributed by atoms with Gasteiger partial charge in [-0.2, -0.15) is 0 Å². The molecule has 0 saturated heterocycles. The number of nitrogens with zero attached hydrogens (tertiary/aromatic N) is 3. The molecule has 1 heterocycles. The number of alkyl halides is 3. The molecular weight excluding hydrogens is 461 g/mol. The van der Waals surface area contributed by atoms with E-state index in [-0.39, 0.29) is 23.4 Å². The summed E-state index contributed by atoms with van der Waals surface area (Å²) >= 11 is 1.13. The van der Waals surface area contributed by atoms with E-state index in [4.69, 9.17) is 0 Å². The zero-order valence-corrected chi connectivity index (χ0v) is 18.3. The molecule has 0 bridgehead atoms. The molecule has 8 nitrogen and oxygen atoms in total. The Kier molecular flexibility index (Phi) is 7.26. The number of benzene rings is 2. The number of amides is 1. The summed E-state index contributed by atoms with van der Waals surface area (Å²) in [5, 5.41) is 14.3. The summed E-state index contributed by atoms with van der Waals surface area (Å²) in [6, 6.07) is 11.0. The Bertz CT molecular complexity index is 1150. The van der Waals surface area contributed by atoms with Crippen LogP contribution in [-0.4, -0.2) is 38.5 Å². The van der Waals surface area contributed by atoms with Gasteiger partial charge in [-0.25, -0.2) is 4.98 Å². The number of nitro groups is 1. The van der Waals surface area contributed by atoms with Gasteiger partial charge in [0, 0.05) is 29.4 Å². The van der Waals surface area contributed by atoms with Crippen molar-refractivity contribution in [1.82, 2.24) is 14.9 Å². The molecule has 174 valence electrons. The lowest BCUT2D eigenvalue weighted by Gasteiger charge is -2.14. The normalized spacial score (nSPS) is 11.5. The van der Waals surface area contributed by atoms with Crippen molar-refractivity contribution in [2.75, 3.05) is 5.75 Å². The molecular formula is C21H19F3N4O4S. The Balaban J connectivity index is 2.01. The third-order valence-corrected chi connectivity index (χ3v) is 5.15. The van der Waals surface area contributed by atoms with E-state index in [1.54, 1.807) is 10.6 Å². The Labute approximate surface area is 190 Å². The fourth-order valence-electron chi connectivity index (χ4n) is 2.96. The van der Waals surface area contributed by atoms with Crippen LogP contribution in [-0.2, 0) is 4.79 Å². The highest BCUT2D eigenvalue weighted by molar-refractivity contribution is 7.99. The number of nitrogens with one attached hydrogen (secondary N) is 1. The predicted molar refractivity (Wildman–Crippen MR) is 116 cm³/mol. The average molecular weight is 480 g/mol. The van der Waals surface area contributed by atoms with Gasteiger partial charge in [-0.05, 0) is 38.1 Å². The van der Waals surface area contributed by atoms with Gasteiger partial charge in [0.15, 0.2) is 5.16 Å². The number of nitro benzene ring substituents is 1. The second-order valence-electron chi connectivity index (χ2n) is 7.12. The highest BCUT2D eigenvalue weighted by Gasteiger charge is 2.31. The Hall–Kier alpha value is -3.54. The number of aromatic nitrogens is 2.